The molecule has 0 aliphatic carbocycles. The third kappa shape index (κ3) is 9.90. The van der Waals surface area contributed by atoms with Crippen LogP contribution in [0.3, 0.4) is 0 Å². The number of hydrogen-bond acceptors (Lipinski definition) is 10. The van der Waals surface area contributed by atoms with Gasteiger partial charge in [0.2, 0.25) is 11.8 Å². The molecule has 14 heteroatoms. The second-order valence-electron chi connectivity index (χ2n) is 15.4. The molecular weight excluding hydrogens is 731 g/mol. The molecule has 300 valence electrons. The van der Waals surface area contributed by atoms with E-state index in [0.29, 0.717) is 24.8 Å². The molecular formula is C42H55N7O6S. The molecule has 0 radical (unpaired) electrons. The first-order valence-electron chi connectivity index (χ1n) is 19.1. The van der Waals surface area contributed by atoms with Crippen molar-refractivity contribution < 1.29 is 27.8 Å². The maximum absolute atomic E-state index is 13.6. The van der Waals surface area contributed by atoms with Crippen molar-refractivity contribution in [1.29, 1.82) is 0 Å². The average molecular weight is 786 g/mol. The Hall–Kier alpha value is -4.92. The van der Waals surface area contributed by atoms with E-state index in [2.05, 4.69) is 73.0 Å². The molecule has 3 aromatic heterocycles. The lowest BCUT2D eigenvalue weighted by Gasteiger charge is -2.22. The van der Waals surface area contributed by atoms with E-state index in [-0.39, 0.29) is 40.4 Å². The van der Waals surface area contributed by atoms with Crippen molar-refractivity contribution in [3.8, 4) is 17.1 Å². The molecule has 2 aromatic carbocycles. The molecule has 0 aliphatic heterocycles. The number of carbonyl (C=O) groups is 1. The molecule has 0 saturated heterocycles. The molecule has 3 N–H and O–H groups in total. The Morgan fingerprint density at radius 2 is 1.70 bits per heavy atom. The van der Waals surface area contributed by atoms with Crippen LogP contribution in [0, 0.1) is 5.92 Å². The molecule has 0 spiro atoms. The number of fused-ring (bicyclic) bond motifs is 1. The smallest absolute Gasteiger partial charge is 0.335 e. The zero-order valence-electron chi connectivity index (χ0n) is 33.9. The molecule has 13 nitrogen and oxygen atoms in total. The number of aryl methyl sites for hydroxylation is 3. The van der Waals surface area contributed by atoms with E-state index in [1.165, 1.54) is 23.9 Å². The zero-order chi connectivity index (χ0) is 40.8. The Labute approximate surface area is 330 Å². The Morgan fingerprint density at radius 1 is 1.00 bits per heavy atom. The van der Waals surface area contributed by atoms with Crippen molar-refractivity contribution >= 4 is 33.1 Å². The molecule has 0 bridgehead atoms. The number of nitrogens with zero attached hydrogens (tertiary/aromatic N) is 5. The number of aromatic carboxylic acids is 1. The molecule has 0 aliphatic rings. The summed E-state index contributed by atoms with van der Waals surface area (Å²) in [7, 11) is -0.515. The Morgan fingerprint density at radius 3 is 2.32 bits per heavy atom. The molecule has 1 atom stereocenters. The average Bonchev–Trinajstić information content (AvgIpc) is 3.44. The number of benzene rings is 2. The van der Waals surface area contributed by atoms with Gasteiger partial charge < -0.3 is 24.5 Å². The second-order valence-corrected chi connectivity index (χ2v) is 17.1. The van der Waals surface area contributed by atoms with Crippen LogP contribution in [0.5, 0.6) is 5.88 Å². The molecule has 56 heavy (non-hydrogen) atoms. The highest BCUT2D eigenvalue weighted by atomic mass is 32.2. The van der Waals surface area contributed by atoms with Gasteiger partial charge in [0.15, 0.2) is 5.65 Å². The number of aromatic nitrogens is 5. The molecule has 0 amide bonds. The van der Waals surface area contributed by atoms with Crippen molar-refractivity contribution in [3.63, 3.8) is 0 Å². The van der Waals surface area contributed by atoms with Crippen molar-refractivity contribution in [2.75, 3.05) is 25.0 Å². The number of nitrogens with one attached hydrogen (secondary N) is 2. The molecule has 0 fully saturated rings. The van der Waals surface area contributed by atoms with Gasteiger partial charge in [-0.1, -0.05) is 72.7 Å². The topological polar surface area (TPSA) is 170 Å². The number of hydrogen-bond donors (Lipinski definition) is 3. The van der Waals surface area contributed by atoms with Crippen LogP contribution in [-0.2, 0) is 53.0 Å². The molecule has 0 saturated carbocycles. The predicted octanol–water partition coefficient (Wildman–Crippen LogP) is 7.12. The van der Waals surface area contributed by atoms with E-state index in [4.69, 9.17) is 19.4 Å². The highest BCUT2D eigenvalue weighted by Gasteiger charge is 2.27. The summed E-state index contributed by atoms with van der Waals surface area (Å²) in [5.74, 6) is -0.897. The number of methoxy groups -OCH3 is 1. The number of sulfonamides is 1. The number of ether oxygens (including phenoxy) is 2. The van der Waals surface area contributed by atoms with E-state index < -0.39 is 16.0 Å². The Kier molecular flexibility index (Phi) is 13.5. The van der Waals surface area contributed by atoms with Crippen LogP contribution < -0.4 is 14.8 Å². The quantitative estimate of drug-likeness (QED) is 0.0827. The number of carboxylic acid groups (broad SMARTS) is 1. The Balaban J connectivity index is 1.45. The number of anilines is 1. The predicted molar refractivity (Wildman–Crippen MR) is 219 cm³/mol. The standard InChI is InChI=1S/C42H55N7O6S/c1-10-27-14-12-15-28(11-2)36(27)34-22-35(47-41(46-34)48-56(52,53)32-17-13-16-29(21-32)40(50)51)55-25-30(20-26(3)4)43-23-31-24-44-37-33(18-19-54-9)38(42(5,6)7)49(8)39(37)45-31/h12-17,21-22,24,26,30,43H,10-11,18-20,23,25H2,1-9H3,(H,50,51)(H,46,47,48). The first kappa shape index (κ1) is 42.2. The van der Waals surface area contributed by atoms with Crippen LogP contribution in [0.4, 0.5) is 5.95 Å². The van der Waals surface area contributed by atoms with Crippen LogP contribution in [-0.4, -0.2) is 70.4 Å². The lowest BCUT2D eigenvalue weighted by atomic mass is 9.88. The second kappa shape index (κ2) is 17.9. The number of rotatable bonds is 18. The minimum Gasteiger partial charge on any atom is -0.478 e. The summed E-state index contributed by atoms with van der Waals surface area (Å²) in [6.07, 6.45) is 4.82. The summed E-state index contributed by atoms with van der Waals surface area (Å²) in [5, 5.41) is 13.1. The largest absolute Gasteiger partial charge is 0.478 e. The summed E-state index contributed by atoms with van der Waals surface area (Å²) in [6.45, 7) is 16.3. The first-order chi connectivity index (χ1) is 26.6. The van der Waals surface area contributed by atoms with E-state index in [1.807, 2.05) is 31.4 Å². The lowest BCUT2D eigenvalue weighted by molar-refractivity contribution is 0.0696. The van der Waals surface area contributed by atoms with Crippen LogP contribution in [0.2, 0.25) is 0 Å². The molecule has 5 aromatic rings. The van der Waals surface area contributed by atoms with Gasteiger partial charge >= 0.3 is 5.97 Å². The highest BCUT2D eigenvalue weighted by molar-refractivity contribution is 7.92. The van der Waals surface area contributed by atoms with Crippen molar-refractivity contribution in [1.82, 2.24) is 29.8 Å². The van der Waals surface area contributed by atoms with Gasteiger partial charge in [-0.2, -0.15) is 4.98 Å². The summed E-state index contributed by atoms with van der Waals surface area (Å²) in [4.78, 5) is 30.5. The van der Waals surface area contributed by atoms with Crippen LogP contribution in [0.25, 0.3) is 22.4 Å². The monoisotopic (exact) mass is 785 g/mol. The minimum absolute atomic E-state index is 0.110. The van der Waals surface area contributed by atoms with Crippen LogP contribution in [0.15, 0.2) is 59.6 Å². The van der Waals surface area contributed by atoms with Gasteiger partial charge in [-0.25, -0.2) is 27.9 Å². The number of carboxylic acids is 1. The van der Waals surface area contributed by atoms with Gasteiger partial charge in [0, 0.05) is 55.0 Å². The van der Waals surface area contributed by atoms with E-state index in [1.54, 1.807) is 13.2 Å². The van der Waals surface area contributed by atoms with E-state index in [0.717, 1.165) is 70.9 Å². The third-order valence-corrected chi connectivity index (χ3v) is 11.0. The van der Waals surface area contributed by atoms with Crippen molar-refractivity contribution in [2.45, 2.75) is 97.0 Å². The fourth-order valence-electron chi connectivity index (χ4n) is 7.20. The normalized spacial score (nSPS) is 12.7. The van der Waals surface area contributed by atoms with E-state index >= 15 is 0 Å². The minimum atomic E-state index is -4.26. The highest BCUT2D eigenvalue weighted by Crippen LogP contribution is 2.33. The SMILES string of the molecule is CCc1cccc(CC)c1-c1cc(OCC(CC(C)C)NCc2cnc3c(CCOC)c(C(C)(C)C)n(C)c3n2)nc(NS(=O)(=O)c2cccc(C(=O)O)c2)n1. The van der Waals surface area contributed by atoms with Gasteiger partial charge in [-0.15, -0.1) is 0 Å². The third-order valence-electron chi connectivity index (χ3n) is 9.63. The van der Waals surface area contributed by atoms with Crippen molar-refractivity contribution in [2.24, 2.45) is 13.0 Å². The fraction of sp³-hybridized carbons (Fsp3) is 0.452. The van der Waals surface area contributed by atoms with Gasteiger partial charge in [0.25, 0.3) is 10.0 Å². The Bertz CT molecular complexity index is 2260. The summed E-state index contributed by atoms with van der Waals surface area (Å²) in [5.41, 5.74) is 8.09. The molecule has 5 rings (SSSR count). The zero-order valence-corrected chi connectivity index (χ0v) is 34.7. The first-order valence-corrected chi connectivity index (χ1v) is 20.6. The molecule has 1 unspecified atom stereocenters. The van der Waals surface area contributed by atoms with E-state index in [9.17, 15) is 18.3 Å². The fourth-order valence-corrected chi connectivity index (χ4v) is 8.19. The van der Waals surface area contributed by atoms with Crippen LogP contribution >= 0.6 is 0 Å². The summed E-state index contributed by atoms with van der Waals surface area (Å²) >= 11 is 0. The van der Waals surface area contributed by atoms with Crippen molar-refractivity contribution in [3.05, 3.63) is 88.4 Å². The summed E-state index contributed by atoms with van der Waals surface area (Å²) in [6, 6.07) is 12.8. The van der Waals surface area contributed by atoms with Gasteiger partial charge in [0.1, 0.15) is 12.1 Å². The lowest BCUT2D eigenvalue weighted by Crippen LogP contribution is -2.36. The maximum atomic E-state index is 13.6. The van der Waals surface area contributed by atoms with Gasteiger partial charge in [0.05, 0.1) is 34.7 Å². The van der Waals surface area contributed by atoms with Crippen LogP contribution in [0.1, 0.15) is 93.3 Å². The molecule has 3 heterocycles. The van der Waals surface area contributed by atoms with Gasteiger partial charge in [-0.05, 0) is 60.9 Å². The maximum Gasteiger partial charge on any atom is 0.335 e. The summed E-state index contributed by atoms with van der Waals surface area (Å²) < 4.78 is 43.5. The van der Waals surface area contributed by atoms with Gasteiger partial charge in [-0.3, -0.25) is 4.98 Å².